The number of hydrogen-bond donors (Lipinski definition) is 0. The predicted octanol–water partition coefficient (Wildman–Crippen LogP) is 2.77. The molecule has 0 saturated carbocycles. The summed E-state index contributed by atoms with van der Waals surface area (Å²) in [5, 5.41) is 0. The summed E-state index contributed by atoms with van der Waals surface area (Å²) in [6.45, 7) is 9.37. The fourth-order valence-electron chi connectivity index (χ4n) is 2.16. The van der Waals surface area contributed by atoms with Crippen LogP contribution in [0.4, 0.5) is 0 Å². The van der Waals surface area contributed by atoms with Crippen LogP contribution in [0, 0.1) is 6.57 Å². The molecule has 0 aliphatic heterocycles. The van der Waals surface area contributed by atoms with Crippen LogP contribution in [-0.2, 0) is 22.4 Å². The van der Waals surface area contributed by atoms with Crippen molar-refractivity contribution < 1.29 is 9.53 Å². The van der Waals surface area contributed by atoms with Gasteiger partial charge in [0.2, 0.25) is 0 Å². The van der Waals surface area contributed by atoms with Gasteiger partial charge >= 0.3 is 11.5 Å². The number of rotatable bonds is 2. The lowest BCUT2D eigenvalue weighted by Gasteiger charge is -2.13. The fourth-order valence-corrected chi connectivity index (χ4v) is 2.57. The summed E-state index contributed by atoms with van der Waals surface area (Å²) in [5.74, 6) is -0.401. The molecule has 0 heterocycles. The van der Waals surface area contributed by atoms with Crippen molar-refractivity contribution >= 4 is 21.9 Å². The molecule has 0 spiro atoms. The monoisotopic (exact) mass is 293 g/mol. The van der Waals surface area contributed by atoms with Gasteiger partial charge in [-0.1, -0.05) is 22.0 Å². The molecular weight excluding hydrogens is 282 g/mol. The summed E-state index contributed by atoms with van der Waals surface area (Å²) in [6, 6.07) is 5.87. The van der Waals surface area contributed by atoms with Gasteiger partial charge in [-0.25, -0.2) is 11.4 Å². The second-order valence-corrected chi connectivity index (χ2v) is 5.05. The summed E-state index contributed by atoms with van der Waals surface area (Å²) < 4.78 is 5.99. The van der Waals surface area contributed by atoms with Crippen LogP contribution in [-0.4, -0.2) is 18.1 Å². The molecule has 17 heavy (non-hydrogen) atoms. The van der Waals surface area contributed by atoms with Gasteiger partial charge in [0, 0.05) is 4.47 Å². The molecule has 0 fully saturated rings. The van der Waals surface area contributed by atoms with Gasteiger partial charge in [-0.05, 0) is 30.2 Å². The zero-order valence-electron chi connectivity index (χ0n) is 9.50. The van der Waals surface area contributed by atoms with E-state index in [1.165, 1.54) is 0 Å². The second kappa shape index (κ2) is 4.50. The van der Waals surface area contributed by atoms with E-state index in [9.17, 15) is 4.79 Å². The van der Waals surface area contributed by atoms with Crippen molar-refractivity contribution in [3.8, 4) is 0 Å². The van der Waals surface area contributed by atoms with Crippen LogP contribution in [0.2, 0.25) is 0 Å². The van der Waals surface area contributed by atoms with E-state index in [4.69, 9.17) is 11.3 Å². The SMILES string of the molecule is [C-]#[N+]C1(C(=O)OCC)Cc2ccc(Br)cc2C1. The van der Waals surface area contributed by atoms with Crippen molar-refractivity contribution in [2.75, 3.05) is 6.61 Å². The number of fused-ring (bicyclic) bond motifs is 1. The summed E-state index contributed by atoms with van der Waals surface area (Å²) in [7, 11) is 0. The average molecular weight is 294 g/mol. The zero-order valence-corrected chi connectivity index (χ0v) is 11.1. The molecule has 0 bridgehead atoms. The van der Waals surface area contributed by atoms with Crippen molar-refractivity contribution in [3.63, 3.8) is 0 Å². The lowest BCUT2D eigenvalue weighted by molar-refractivity contribution is -0.147. The highest BCUT2D eigenvalue weighted by atomic mass is 79.9. The van der Waals surface area contributed by atoms with Crippen LogP contribution >= 0.6 is 15.9 Å². The molecule has 1 aromatic rings. The van der Waals surface area contributed by atoms with E-state index in [1.54, 1.807) is 6.92 Å². The minimum Gasteiger partial charge on any atom is -0.460 e. The highest BCUT2D eigenvalue weighted by molar-refractivity contribution is 9.10. The number of hydrogen-bond acceptors (Lipinski definition) is 2. The fraction of sp³-hybridized carbons (Fsp3) is 0.385. The molecule has 3 nitrogen and oxygen atoms in total. The Hall–Kier alpha value is -1.34. The molecule has 4 heteroatoms. The molecule has 1 aliphatic rings. The largest absolute Gasteiger partial charge is 0.460 e. The molecule has 0 amide bonds. The number of ether oxygens (including phenoxy) is 1. The Labute approximate surface area is 109 Å². The Morgan fingerprint density at radius 3 is 2.88 bits per heavy atom. The Morgan fingerprint density at radius 1 is 1.53 bits per heavy atom. The summed E-state index contributed by atoms with van der Waals surface area (Å²) in [5.41, 5.74) is 1.08. The topological polar surface area (TPSA) is 30.7 Å². The Kier molecular flexibility index (Phi) is 3.21. The minimum atomic E-state index is -1.04. The van der Waals surface area contributed by atoms with Gasteiger partial charge in [0.1, 0.15) is 0 Å². The maximum Gasteiger partial charge on any atom is 0.394 e. The third-order valence-corrected chi connectivity index (χ3v) is 3.50. The maximum absolute atomic E-state index is 11.9. The van der Waals surface area contributed by atoms with Gasteiger partial charge in [0.05, 0.1) is 19.4 Å². The van der Waals surface area contributed by atoms with E-state index in [2.05, 4.69) is 20.8 Å². The number of carbonyl (C=O) groups excluding carboxylic acids is 1. The van der Waals surface area contributed by atoms with E-state index in [1.807, 2.05) is 18.2 Å². The average Bonchev–Trinajstić information content (AvgIpc) is 2.68. The van der Waals surface area contributed by atoms with Crippen LogP contribution in [0.15, 0.2) is 22.7 Å². The first-order chi connectivity index (χ1) is 8.11. The second-order valence-electron chi connectivity index (χ2n) is 4.13. The third-order valence-electron chi connectivity index (χ3n) is 3.00. The van der Waals surface area contributed by atoms with Crippen LogP contribution < -0.4 is 0 Å². The van der Waals surface area contributed by atoms with Gasteiger partial charge < -0.3 is 4.74 Å². The minimum absolute atomic E-state index is 0.316. The van der Waals surface area contributed by atoms with Crippen LogP contribution in [0.1, 0.15) is 18.1 Å². The van der Waals surface area contributed by atoms with Crippen molar-refractivity contribution in [2.45, 2.75) is 25.3 Å². The summed E-state index contributed by atoms with van der Waals surface area (Å²) in [4.78, 5) is 15.4. The zero-order chi connectivity index (χ0) is 12.5. The smallest absolute Gasteiger partial charge is 0.394 e. The lowest BCUT2D eigenvalue weighted by Crippen LogP contribution is -2.37. The Balaban J connectivity index is 2.33. The number of esters is 1. The number of nitrogens with zero attached hydrogens (tertiary/aromatic N) is 1. The van der Waals surface area contributed by atoms with Gasteiger partial charge in [-0.15, -0.1) is 0 Å². The van der Waals surface area contributed by atoms with Gasteiger partial charge in [0.15, 0.2) is 0 Å². The number of carbonyl (C=O) groups is 1. The van der Waals surface area contributed by atoms with Crippen LogP contribution in [0.25, 0.3) is 4.85 Å². The predicted molar refractivity (Wildman–Crippen MR) is 67.5 cm³/mol. The lowest BCUT2D eigenvalue weighted by atomic mass is 9.97. The molecule has 0 aromatic heterocycles. The first-order valence-electron chi connectivity index (χ1n) is 5.44. The maximum atomic E-state index is 11.9. The Bertz CT molecular complexity index is 507. The first kappa shape index (κ1) is 12.1. The number of benzene rings is 1. The van der Waals surface area contributed by atoms with E-state index >= 15 is 0 Å². The highest BCUT2D eigenvalue weighted by Crippen LogP contribution is 2.35. The third kappa shape index (κ3) is 2.07. The van der Waals surface area contributed by atoms with Crippen molar-refractivity contribution in [3.05, 3.63) is 45.2 Å². The normalized spacial score (nSPS) is 21.7. The highest BCUT2D eigenvalue weighted by Gasteiger charge is 2.52. The van der Waals surface area contributed by atoms with Gasteiger partial charge in [0.25, 0.3) is 0 Å². The standard InChI is InChI=1S/C13H12BrNO2/c1-3-17-12(16)13(15-2)7-9-4-5-11(14)6-10(9)8-13/h4-6H,3,7-8H2,1H3. The molecule has 1 aromatic carbocycles. The summed E-state index contributed by atoms with van der Waals surface area (Å²) in [6.07, 6.45) is 0.905. The molecule has 2 rings (SSSR count). The molecule has 1 atom stereocenters. The van der Waals surface area contributed by atoms with Gasteiger partial charge in [-0.2, -0.15) is 0 Å². The molecular formula is C13H12BrNO2. The number of halogens is 1. The van der Waals surface area contributed by atoms with Crippen molar-refractivity contribution in [1.29, 1.82) is 0 Å². The van der Waals surface area contributed by atoms with E-state index < -0.39 is 11.5 Å². The van der Waals surface area contributed by atoms with Crippen LogP contribution in [0.3, 0.4) is 0 Å². The molecule has 1 unspecified atom stereocenters. The summed E-state index contributed by atoms with van der Waals surface area (Å²) >= 11 is 3.40. The molecule has 0 saturated heterocycles. The van der Waals surface area contributed by atoms with E-state index in [-0.39, 0.29) is 0 Å². The quantitative estimate of drug-likeness (QED) is 0.620. The van der Waals surface area contributed by atoms with Gasteiger partial charge in [-0.3, -0.25) is 4.85 Å². The molecule has 1 aliphatic carbocycles. The Morgan fingerprint density at radius 2 is 2.24 bits per heavy atom. The molecule has 0 N–H and O–H groups in total. The van der Waals surface area contributed by atoms with Crippen molar-refractivity contribution in [2.24, 2.45) is 0 Å². The first-order valence-corrected chi connectivity index (χ1v) is 6.24. The van der Waals surface area contributed by atoms with Crippen molar-refractivity contribution in [1.82, 2.24) is 0 Å². The molecule has 0 radical (unpaired) electrons. The van der Waals surface area contributed by atoms with E-state index in [0.29, 0.717) is 19.4 Å². The van der Waals surface area contributed by atoms with Crippen LogP contribution in [0.5, 0.6) is 0 Å². The molecule has 88 valence electrons. The van der Waals surface area contributed by atoms with E-state index in [0.717, 1.165) is 15.6 Å².